The number of aliphatic carboxylic acids is 1. The first-order valence-corrected chi connectivity index (χ1v) is 8.01. The lowest BCUT2D eigenvalue weighted by atomic mass is 10.0. The van der Waals surface area contributed by atoms with Crippen molar-refractivity contribution >= 4 is 12.0 Å². The normalized spacial score (nSPS) is 18.3. The Labute approximate surface area is 137 Å². The highest BCUT2D eigenvalue weighted by molar-refractivity contribution is 5.77. The largest absolute Gasteiger partial charge is 0.480 e. The number of nitrogens with zero attached hydrogens (tertiary/aromatic N) is 1. The Hall–Kier alpha value is -1.69. The van der Waals surface area contributed by atoms with Gasteiger partial charge in [0.2, 0.25) is 0 Å². The first-order valence-electron chi connectivity index (χ1n) is 8.01. The molecular formula is C18H25NO4. The van der Waals surface area contributed by atoms with Gasteiger partial charge in [-0.3, -0.25) is 9.69 Å². The number of carbonyl (C=O) groups is 1. The average molecular weight is 319 g/mol. The molecule has 126 valence electrons. The Morgan fingerprint density at radius 3 is 2.61 bits per heavy atom. The molecule has 2 rings (SSSR count). The van der Waals surface area contributed by atoms with Gasteiger partial charge in [0.05, 0.1) is 19.3 Å². The van der Waals surface area contributed by atoms with Crippen LogP contribution in [0.25, 0.3) is 6.08 Å². The molecule has 0 aromatic heterocycles. The molecule has 5 nitrogen and oxygen atoms in total. The minimum absolute atomic E-state index is 0.203. The summed E-state index contributed by atoms with van der Waals surface area (Å²) in [5.41, 5.74) is 1.01. The SMILES string of the molecule is COCCOC1CCN(C(/C=C/c2ccccc2)C(=O)O)CC1. The van der Waals surface area contributed by atoms with Gasteiger partial charge in [0, 0.05) is 20.2 Å². The summed E-state index contributed by atoms with van der Waals surface area (Å²) in [5, 5.41) is 9.50. The van der Waals surface area contributed by atoms with E-state index < -0.39 is 12.0 Å². The Bertz CT molecular complexity index is 495. The van der Waals surface area contributed by atoms with Gasteiger partial charge >= 0.3 is 5.97 Å². The minimum atomic E-state index is -0.809. The van der Waals surface area contributed by atoms with Crippen LogP contribution in [0.1, 0.15) is 18.4 Å². The Balaban J connectivity index is 1.87. The molecule has 1 atom stereocenters. The predicted octanol–water partition coefficient (Wildman–Crippen LogP) is 2.28. The molecule has 0 amide bonds. The van der Waals surface area contributed by atoms with Crippen LogP contribution in [-0.4, -0.2) is 61.5 Å². The molecule has 0 bridgehead atoms. The zero-order valence-electron chi connectivity index (χ0n) is 13.6. The number of piperidine rings is 1. The summed E-state index contributed by atoms with van der Waals surface area (Å²) in [6, 6.07) is 9.17. The molecule has 0 saturated carbocycles. The van der Waals surface area contributed by atoms with Crippen molar-refractivity contribution in [3.05, 3.63) is 42.0 Å². The van der Waals surface area contributed by atoms with Crippen LogP contribution in [0, 0.1) is 0 Å². The molecule has 23 heavy (non-hydrogen) atoms. The standard InChI is InChI=1S/C18H25NO4/c1-22-13-14-23-16-9-11-19(12-10-16)17(18(20)21)8-7-15-5-3-2-4-6-15/h2-8,16-17H,9-14H2,1H3,(H,20,21)/b8-7+. The first kappa shape index (κ1) is 17.7. The molecule has 1 aliphatic rings. The van der Waals surface area contributed by atoms with Crippen molar-refractivity contribution in [2.75, 3.05) is 33.4 Å². The van der Waals surface area contributed by atoms with Crippen LogP contribution < -0.4 is 0 Å². The second kappa shape index (κ2) is 9.45. The number of hydrogen-bond acceptors (Lipinski definition) is 4. The van der Waals surface area contributed by atoms with Crippen molar-refractivity contribution < 1.29 is 19.4 Å². The van der Waals surface area contributed by atoms with Crippen molar-refractivity contribution in [1.29, 1.82) is 0 Å². The van der Waals surface area contributed by atoms with E-state index in [1.54, 1.807) is 13.2 Å². The highest BCUT2D eigenvalue weighted by Crippen LogP contribution is 2.17. The third-order valence-electron chi connectivity index (χ3n) is 4.03. The molecule has 1 fully saturated rings. The highest BCUT2D eigenvalue weighted by Gasteiger charge is 2.28. The lowest BCUT2D eigenvalue weighted by molar-refractivity contribution is -0.142. The van der Waals surface area contributed by atoms with Crippen molar-refractivity contribution in [2.45, 2.75) is 25.0 Å². The van der Waals surface area contributed by atoms with Gasteiger partial charge in [-0.2, -0.15) is 0 Å². The quantitative estimate of drug-likeness (QED) is 0.745. The Morgan fingerprint density at radius 1 is 1.30 bits per heavy atom. The van der Waals surface area contributed by atoms with Crippen LogP contribution in [0.15, 0.2) is 36.4 Å². The lowest BCUT2D eigenvalue weighted by Gasteiger charge is -2.34. The monoisotopic (exact) mass is 319 g/mol. The second-order valence-corrected chi connectivity index (χ2v) is 5.65. The van der Waals surface area contributed by atoms with Crippen molar-refractivity contribution in [3.63, 3.8) is 0 Å². The van der Waals surface area contributed by atoms with Gasteiger partial charge < -0.3 is 14.6 Å². The summed E-state index contributed by atoms with van der Waals surface area (Å²) >= 11 is 0. The number of carboxylic acid groups (broad SMARTS) is 1. The summed E-state index contributed by atoms with van der Waals surface area (Å²) in [6.45, 7) is 2.65. The highest BCUT2D eigenvalue weighted by atomic mass is 16.5. The van der Waals surface area contributed by atoms with Crippen LogP contribution in [-0.2, 0) is 14.3 Å². The molecule has 5 heteroatoms. The van der Waals surface area contributed by atoms with Crippen LogP contribution in [0.5, 0.6) is 0 Å². The molecule has 1 heterocycles. The first-order chi connectivity index (χ1) is 11.2. The summed E-state index contributed by atoms with van der Waals surface area (Å²) in [4.78, 5) is 13.6. The van der Waals surface area contributed by atoms with Crippen LogP contribution >= 0.6 is 0 Å². The third kappa shape index (κ3) is 5.78. The van der Waals surface area contributed by atoms with Gasteiger partial charge in [0.25, 0.3) is 0 Å². The Morgan fingerprint density at radius 2 is 2.00 bits per heavy atom. The number of rotatable bonds is 8. The molecule has 1 unspecified atom stereocenters. The van der Waals surface area contributed by atoms with E-state index in [1.165, 1.54) is 0 Å². The van der Waals surface area contributed by atoms with Gasteiger partial charge in [-0.1, -0.05) is 42.5 Å². The number of ether oxygens (including phenoxy) is 2. The van der Waals surface area contributed by atoms with Crippen LogP contribution in [0.3, 0.4) is 0 Å². The number of carboxylic acids is 1. The molecule has 1 N–H and O–H groups in total. The molecule has 0 radical (unpaired) electrons. The zero-order chi connectivity index (χ0) is 16.5. The molecule has 1 saturated heterocycles. The number of likely N-dealkylation sites (tertiary alicyclic amines) is 1. The molecule has 0 spiro atoms. The van der Waals surface area contributed by atoms with Gasteiger partial charge in [-0.15, -0.1) is 0 Å². The van der Waals surface area contributed by atoms with E-state index in [9.17, 15) is 9.90 Å². The fraction of sp³-hybridized carbons (Fsp3) is 0.500. The second-order valence-electron chi connectivity index (χ2n) is 5.65. The number of methoxy groups -OCH3 is 1. The van der Waals surface area contributed by atoms with E-state index in [1.807, 2.05) is 41.3 Å². The fourth-order valence-corrected chi connectivity index (χ4v) is 2.75. The number of hydrogen-bond donors (Lipinski definition) is 1. The van der Waals surface area contributed by atoms with Crippen molar-refractivity contribution in [1.82, 2.24) is 4.90 Å². The maximum Gasteiger partial charge on any atom is 0.324 e. The minimum Gasteiger partial charge on any atom is -0.480 e. The maximum atomic E-state index is 11.6. The van der Waals surface area contributed by atoms with E-state index in [2.05, 4.69) is 0 Å². The van der Waals surface area contributed by atoms with Gasteiger partial charge in [0.1, 0.15) is 6.04 Å². The summed E-state index contributed by atoms with van der Waals surface area (Å²) < 4.78 is 10.7. The van der Waals surface area contributed by atoms with E-state index >= 15 is 0 Å². The Kier molecular flexibility index (Phi) is 7.26. The van der Waals surface area contributed by atoms with E-state index in [-0.39, 0.29) is 6.10 Å². The zero-order valence-corrected chi connectivity index (χ0v) is 13.6. The third-order valence-corrected chi connectivity index (χ3v) is 4.03. The van der Waals surface area contributed by atoms with E-state index in [0.29, 0.717) is 13.2 Å². The fourth-order valence-electron chi connectivity index (χ4n) is 2.75. The predicted molar refractivity (Wildman–Crippen MR) is 89.3 cm³/mol. The molecule has 1 aromatic carbocycles. The van der Waals surface area contributed by atoms with Gasteiger partial charge in [-0.05, 0) is 18.4 Å². The maximum absolute atomic E-state index is 11.6. The van der Waals surface area contributed by atoms with Gasteiger partial charge in [0.15, 0.2) is 0 Å². The van der Waals surface area contributed by atoms with E-state index in [0.717, 1.165) is 31.5 Å². The summed E-state index contributed by atoms with van der Waals surface area (Å²) in [7, 11) is 1.66. The van der Waals surface area contributed by atoms with Crippen molar-refractivity contribution in [3.8, 4) is 0 Å². The smallest absolute Gasteiger partial charge is 0.324 e. The molecular weight excluding hydrogens is 294 g/mol. The average Bonchev–Trinajstić information content (AvgIpc) is 2.57. The number of benzene rings is 1. The topological polar surface area (TPSA) is 59.0 Å². The lowest BCUT2D eigenvalue weighted by Crippen LogP contribution is -2.46. The van der Waals surface area contributed by atoms with Gasteiger partial charge in [-0.25, -0.2) is 0 Å². The summed E-state index contributed by atoms with van der Waals surface area (Å²) in [6.07, 6.45) is 5.55. The summed E-state index contributed by atoms with van der Waals surface area (Å²) in [5.74, 6) is -0.809. The van der Waals surface area contributed by atoms with Crippen LogP contribution in [0.4, 0.5) is 0 Å². The van der Waals surface area contributed by atoms with E-state index in [4.69, 9.17) is 9.47 Å². The molecule has 1 aliphatic heterocycles. The molecule has 1 aromatic rings. The molecule has 0 aliphatic carbocycles. The van der Waals surface area contributed by atoms with Crippen LogP contribution in [0.2, 0.25) is 0 Å². The van der Waals surface area contributed by atoms with Crippen molar-refractivity contribution in [2.24, 2.45) is 0 Å².